The molecule has 1 aliphatic rings. The van der Waals surface area contributed by atoms with Crippen molar-refractivity contribution in [1.82, 2.24) is 19.5 Å². The third-order valence-corrected chi connectivity index (χ3v) is 5.88. The zero-order valence-corrected chi connectivity index (χ0v) is 15.4. The van der Waals surface area contributed by atoms with Gasteiger partial charge in [-0.05, 0) is 43.6 Å². The molecule has 0 spiro atoms. The van der Waals surface area contributed by atoms with Crippen molar-refractivity contribution >= 4 is 16.3 Å². The number of ether oxygens (including phenoxy) is 1. The molecule has 3 aromatic rings. The third kappa shape index (κ3) is 3.74. The van der Waals surface area contributed by atoms with E-state index < -0.39 is 6.61 Å². The standard InChI is InChI=1S/C18H20F2N4O2S/c19-17(20)26-13-7-5-6-12(10-13)14(23-8-3-1-2-4-9-23)15-16(25)24-18(27-15)21-11-22-24/h5-7,10-11,14,17,25H,1-4,8-9H2/t14-/m0/s1. The molecule has 9 heteroatoms. The summed E-state index contributed by atoms with van der Waals surface area (Å²) in [6, 6.07) is 6.45. The smallest absolute Gasteiger partial charge is 0.387 e. The summed E-state index contributed by atoms with van der Waals surface area (Å²) in [6.07, 6.45) is 5.85. The maximum Gasteiger partial charge on any atom is 0.387 e. The number of rotatable bonds is 5. The van der Waals surface area contributed by atoms with Crippen LogP contribution < -0.4 is 4.74 Å². The summed E-state index contributed by atoms with van der Waals surface area (Å²) in [5.74, 6) is 0.156. The van der Waals surface area contributed by atoms with Gasteiger partial charge in [0.2, 0.25) is 10.8 Å². The maximum atomic E-state index is 12.7. The first-order valence-electron chi connectivity index (χ1n) is 8.93. The van der Waals surface area contributed by atoms with E-state index in [0.717, 1.165) is 31.5 Å². The molecule has 0 unspecified atom stereocenters. The number of alkyl halides is 2. The Kier molecular flexibility index (Phi) is 5.22. The monoisotopic (exact) mass is 394 g/mol. The van der Waals surface area contributed by atoms with Gasteiger partial charge in [-0.2, -0.15) is 18.4 Å². The largest absolute Gasteiger partial charge is 0.492 e. The molecule has 27 heavy (non-hydrogen) atoms. The lowest BCUT2D eigenvalue weighted by molar-refractivity contribution is -0.0499. The molecule has 3 heterocycles. The van der Waals surface area contributed by atoms with Crippen molar-refractivity contribution in [3.05, 3.63) is 41.0 Å². The quantitative estimate of drug-likeness (QED) is 0.707. The van der Waals surface area contributed by atoms with Gasteiger partial charge in [0.15, 0.2) is 0 Å². The number of hydrogen-bond donors (Lipinski definition) is 1. The van der Waals surface area contributed by atoms with Crippen LogP contribution in [0.25, 0.3) is 4.96 Å². The molecule has 0 radical (unpaired) electrons. The van der Waals surface area contributed by atoms with E-state index in [9.17, 15) is 13.9 Å². The number of likely N-dealkylation sites (tertiary alicyclic amines) is 1. The third-order valence-electron chi connectivity index (χ3n) is 4.79. The SMILES string of the molecule is Oc1c([C@H](c2cccc(OC(F)F)c2)N2CCCCCC2)sc2ncnn12. The van der Waals surface area contributed by atoms with Gasteiger partial charge in [-0.1, -0.05) is 36.3 Å². The highest BCUT2D eigenvalue weighted by Crippen LogP contribution is 2.41. The molecule has 0 amide bonds. The Hall–Kier alpha value is -2.26. The molecule has 1 aromatic carbocycles. The molecule has 2 aromatic heterocycles. The van der Waals surface area contributed by atoms with Gasteiger partial charge in [0.05, 0.1) is 10.9 Å². The summed E-state index contributed by atoms with van der Waals surface area (Å²) < 4.78 is 31.3. The number of hydrogen-bond acceptors (Lipinski definition) is 6. The van der Waals surface area contributed by atoms with Crippen LogP contribution in [-0.2, 0) is 0 Å². The van der Waals surface area contributed by atoms with Gasteiger partial charge in [0.25, 0.3) is 0 Å². The number of benzene rings is 1. The lowest BCUT2D eigenvalue weighted by Crippen LogP contribution is -2.30. The lowest BCUT2D eigenvalue weighted by atomic mass is 10.0. The zero-order chi connectivity index (χ0) is 18.8. The molecule has 144 valence electrons. The first-order valence-corrected chi connectivity index (χ1v) is 9.75. The highest BCUT2D eigenvalue weighted by molar-refractivity contribution is 7.17. The minimum absolute atomic E-state index is 0.0435. The number of fused-ring (bicyclic) bond motifs is 1. The van der Waals surface area contributed by atoms with Crippen molar-refractivity contribution in [1.29, 1.82) is 0 Å². The van der Waals surface area contributed by atoms with Crippen LogP contribution in [0, 0.1) is 0 Å². The van der Waals surface area contributed by atoms with Crippen LogP contribution >= 0.6 is 11.3 Å². The number of halogens is 2. The van der Waals surface area contributed by atoms with Crippen LogP contribution in [0.4, 0.5) is 8.78 Å². The average molecular weight is 394 g/mol. The second kappa shape index (κ2) is 7.77. The second-order valence-electron chi connectivity index (χ2n) is 6.55. The summed E-state index contributed by atoms with van der Waals surface area (Å²) in [7, 11) is 0. The number of aromatic hydroxyl groups is 1. The van der Waals surface area contributed by atoms with Crippen LogP contribution in [0.2, 0.25) is 0 Å². The Morgan fingerprint density at radius 2 is 1.93 bits per heavy atom. The lowest BCUT2D eigenvalue weighted by Gasteiger charge is -2.30. The Morgan fingerprint density at radius 1 is 1.15 bits per heavy atom. The van der Waals surface area contributed by atoms with Crippen molar-refractivity contribution < 1.29 is 18.6 Å². The van der Waals surface area contributed by atoms with Crippen molar-refractivity contribution in [3.63, 3.8) is 0 Å². The number of aromatic nitrogens is 3. The fourth-order valence-corrected chi connectivity index (χ4v) is 4.71. The summed E-state index contributed by atoms with van der Waals surface area (Å²) in [6.45, 7) is -1.13. The first-order chi connectivity index (χ1) is 13.1. The molecule has 1 atom stereocenters. The number of nitrogens with zero attached hydrogens (tertiary/aromatic N) is 4. The van der Waals surface area contributed by atoms with Gasteiger partial charge < -0.3 is 9.84 Å². The normalized spacial score (nSPS) is 17.3. The fourth-order valence-electron chi connectivity index (χ4n) is 3.61. The predicted octanol–water partition coefficient (Wildman–Crippen LogP) is 4.06. The molecule has 0 bridgehead atoms. The van der Waals surface area contributed by atoms with E-state index in [1.807, 2.05) is 6.07 Å². The van der Waals surface area contributed by atoms with Crippen LogP contribution in [0.1, 0.15) is 42.2 Å². The van der Waals surface area contributed by atoms with E-state index in [4.69, 9.17) is 0 Å². The average Bonchev–Trinajstić information content (AvgIpc) is 3.09. The molecular formula is C18H20F2N4O2S. The highest BCUT2D eigenvalue weighted by Gasteiger charge is 2.30. The van der Waals surface area contributed by atoms with Crippen LogP contribution in [0.5, 0.6) is 11.6 Å². The van der Waals surface area contributed by atoms with Crippen molar-refractivity contribution in [2.24, 2.45) is 0 Å². The van der Waals surface area contributed by atoms with Crippen LogP contribution in [-0.4, -0.2) is 44.3 Å². The molecule has 0 saturated carbocycles. The Morgan fingerprint density at radius 3 is 2.63 bits per heavy atom. The van der Waals surface area contributed by atoms with E-state index in [1.165, 1.54) is 41.1 Å². The molecule has 1 fully saturated rings. The van der Waals surface area contributed by atoms with Gasteiger partial charge in [-0.3, -0.25) is 4.90 Å². The van der Waals surface area contributed by atoms with E-state index in [0.29, 0.717) is 9.84 Å². The summed E-state index contributed by atoms with van der Waals surface area (Å²) in [5, 5.41) is 14.8. The van der Waals surface area contributed by atoms with E-state index >= 15 is 0 Å². The molecular weight excluding hydrogens is 374 g/mol. The molecule has 1 saturated heterocycles. The van der Waals surface area contributed by atoms with Gasteiger partial charge in [0.1, 0.15) is 12.1 Å². The molecule has 6 nitrogen and oxygen atoms in total. The van der Waals surface area contributed by atoms with E-state index in [-0.39, 0.29) is 17.7 Å². The number of thiazole rings is 1. The first kappa shape index (κ1) is 18.1. The predicted molar refractivity (Wildman–Crippen MR) is 97.5 cm³/mol. The van der Waals surface area contributed by atoms with Gasteiger partial charge in [-0.15, -0.1) is 0 Å². The van der Waals surface area contributed by atoms with Gasteiger partial charge in [-0.25, -0.2) is 4.98 Å². The minimum atomic E-state index is -2.88. The van der Waals surface area contributed by atoms with E-state index in [1.54, 1.807) is 12.1 Å². The Labute approximate surface area is 159 Å². The minimum Gasteiger partial charge on any atom is -0.492 e. The Balaban J connectivity index is 1.78. The van der Waals surface area contributed by atoms with Crippen LogP contribution in [0.3, 0.4) is 0 Å². The van der Waals surface area contributed by atoms with Crippen LogP contribution in [0.15, 0.2) is 30.6 Å². The van der Waals surface area contributed by atoms with E-state index in [2.05, 4.69) is 19.7 Å². The highest BCUT2D eigenvalue weighted by atomic mass is 32.1. The van der Waals surface area contributed by atoms with Crippen molar-refractivity contribution in [2.45, 2.75) is 38.3 Å². The van der Waals surface area contributed by atoms with Gasteiger partial charge >= 0.3 is 6.61 Å². The van der Waals surface area contributed by atoms with Gasteiger partial charge in [0, 0.05) is 0 Å². The van der Waals surface area contributed by atoms with Crippen molar-refractivity contribution in [2.75, 3.05) is 13.1 Å². The molecule has 4 rings (SSSR count). The Bertz CT molecular complexity index is 906. The zero-order valence-electron chi connectivity index (χ0n) is 14.6. The summed E-state index contributed by atoms with van der Waals surface area (Å²) in [4.78, 5) is 7.77. The molecule has 0 aliphatic carbocycles. The second-order valence-corrected chi connectivity index (χ2v) is 7.56. The fraction of sp³-hybridized carbons (Fsp3) is 0.444. The molecule has 1 N–H and O–H groups in total. The topological polar surface area (TPSA) is 62.9 Å². The summed E-state index contributed by atoms with van der Waals surface area (Å²) >= 11 is 1.36. The summed E-state index contributed by atoms with van der Waals surface area (Å²) in [5.41, 5.74) is 0.801. The van der Waals surface area contributed by atoms with Crippen molar-refractivity contribution in [3.8, 4) is 11.6 Å². The molecule has 1 aliphatic heterocycles. The maximum absolute atomic E-state index is 12.7.